The van der Waals surface area contributed by atoms with Crippen molar-refractivity contribution in [2.24, 2.45) is 0 Å². The number of halogens is 2. The van der Waals surface area contributed by atoms with Crippen molar-refractivity contribution in [1.29, 1.82) is 0 Å². The Hall–Kier alpha value is -0.950. The van der Waals surface area contributed by atoms with Crippen molar-refractivity contribution in [1.82, 2.24) is 4.98 Å². The van der Waals surface area contributed by atoms with Crippen LogP contribution in [0.4, 0.5) is 0 Å². The minimum atomic E-state index is -0.0580. The summed E-state index contributed by atoms with van der Waals surface area (Å²) in [5.41, 5.74) is 1.18. The fourth-order valence-electron chi connectivity index (χ4n) is 1.71. The van der Waals surface area contributed by atoms with Crippen LogP contribution in [0.2, 0.25) is 0 Å². The van der Waals surface area contributed by atoms with Gasteiger partial charge in [0.05, 0.1) is 12.3 Å². The van der Waals surface area contributed by atoms with E-state index in [4.69, 9.17) is 4.74 Å². The second-order valence-electron chi connectivity index (χ2n) is 4.53. The molecule has 0 bridgehead atoms. The van der Waals surface area contributed by atoms with E-state index in [2.05, 4.69) is 43.5 Å². The molecule has 104 valence electrons. The molecule has 0 spiro atoms. The first-order valence-corrected chi connectivity index (χ1v) is 7.96. The number of hydrogen-bond donors (Lipinski definition) is 0. The van der Waals surface area contributed by atoms with E-state index < -0.39 is 0 Å². The van der Waals surface area contributed by atoms with E-state index >= 15 is 0 Å². The number of ether oxygens (including phenoxy) is 1. The number of aromatic nitrogens is 1. The lowest BCUT2D eigenvalue weighted by atomic mass is 10.1. The van der Waals surface area contributed by atoms with E-state index in [1.807, 2.05) is 32.0 Å². The highest BCUT2D eigenvalue weighted by Gasteiger charge is 2.14. The second kappa shape index (κ2) is 6.67. The second-order valence-corrected chi connectivity index (χ2v) is 6.61. The molecule has 0 N–H and O–H groups in total. The summed E-state index contributed by atoms with van der Waals surface area (Å²) in [7, 11) is 0. The van der Waals surface area contributed by atoms with E-state index in [9.17, 15) is 4.79 Å². The fraction of sp³-hybridized carbons (Fsp3) is 0.200. The normalized spacial score (nSPS) is 10.7. The van der Waals surface area contributed by atoms with Crippen LogP contribution in [-0.2, 0) is 0 Å². The van der Waals surface area contributed by atoms with Crippen LogP contribution in [0.1, 0.15) is 29.8 Å². The predicted molar refractivity (Wildman–Crippen MR) is 90.3 cm³/mol. The third-order valence-electron chi connectivity index (χ3n) is 2.52. The summed E-state index contributed by atoms with van der Waals surface area (Å²) in [6.45, 7) is 3.87. The minimum absolute atomic E-state index is 0.0492. The van der Waals surface area contributed by atoms with Crippen molar-refractivity contribution in [2.75, 3.05) is 0 Å². The van der Waals surface area contributed by atoms with Gasteiger partial charge in [0, 0.05) is 25.4 Å². The van der Waals surface area contributed by atoms with Gasteiger partial charge in [-0.1, -0.05) is 15.9 Å². The summed E-state index contributed by atoms with van der Waals surface area (Å²) in [4.78, 5) is 16.6. The molecule has 0 aliphatic heterocycles. The number of carbonyl (C=O) groups is 1. The molecule has 20 heavy (non-hydrogen) atoms. The molecular weight excluding hydrogens is 433 g/mol. The summed E-state index contributed by atoms with van der Waals surface area (Å²) in [6.07, 6.45) is 3.22. The number of rotatable bonds is 4. The van der Waals surface area contributed by atoms with Crippen molar-refractivity contribution in [3.05, 3.63) is 55.8 Å². The minimum Gasteiger partial charge on any atom is -0.489 e. The molecule has 0 saturated carbocycles. The van der Waals surface area contributed by atoms with Crippen LogP contribution in [0, 0.1) is 3.57 Å². The summed E-state index contributed by atoms with van der Waals surface area (Å²) >= 11 is 5.54. The highest BCUT2D eigenvalue weighted by molar-refractivity contribution is 14.1. The van der Waals surface area contributed by atoms with Gasteiger partial charge >= 0.3 is 0 Å². The molecule has 0 saturated heterocycles. The zero-order chi connectivity index (χ0) is 14.7. The smallest absolute Gasteiger partial charge is 0.195 e. The zero-order valence-corrected chi connectivity index (χ0v) is 14.8. The lowest BCUT2D eigenvalue weighted by Gasteiger charge is -2.10. The highest BCUT2D eigenvalue weighted by atomic mass is 127. The molecule has 0 amide bonds. The van der Waals surface area contributed by atoms with Crippen LogP contribution < -0.4 is 4.74 Å². The number of ketones is 1. The van der Waals surface area contributed by atoms with Gasteiger partial charge in [-0.25, -0.2) is 0 Å². The molecule has 2 aromatic rings. The molecule has 3 nitrogen and oxygen atoms in total. The van der Waals surface area contributed by atoms with Gasteiger partial charge in [0.1, 0.15) is 5.75 Å². The average Bonchev–Trinajstić information content (AvgIpc) is 2.40. The first-order valence-electron chi connectivity index (χ1n) is 6.09. The number of hydrogen-bond acceptors (Lipinski definition) is 3. The predicted octanol–water partition coefficient (Wildman–Crippen LogP) is 4.47. The van der Waals surface area contributed by atoms with Crippen molar-refractivity contribution in [3.63, 3.8) is 0 Å². The number of benzene rings is 1. The van der Waals surface area contributed by atoms with Gasteiger partial charge in [0.15, 0.2) is 5.78 Å². The molecule has 0 unspecified atom stereocenters. The average molecular weight is 446 g/mol. The monoisotopic (exact) mass is 445 g/mol. The van der Waals surface area contributed by atoms with Crippen molar-refractivity contribution >= 4 is 44.3 Å². The third-order valence-corrected chi connectivity index (χ3v) is 3.95. The lowest BCUT2D eigenvalue weighted by Crippen LogP contribution is -2.08. The SMILES string of the molecule is CC(C)Oc1cncc(C(=O)c2cc(Br)ccc2I)c1. The third kappa shape index (κ3) is 3.79. The van der Waals surface area contributed by atoms with Gasteiger partial charge in [-0.05, 0) is 60.7 Å². The topological polar surface area (TPSA) is 39.2 Å². The van der Waals surface area contributed by atoms with Crippen LogP contribution in [0.3, 0.4) is 0 Å². The summed E-state index contributed by atoms with van der Waals surface area (Å²) in [5, 5.41) is 0. The molecule has 0 radical (unpaired) electrons. The molecule has 1 heterocycles. The van der Waals surface area contributed by atoms with Crippen LogP contribution in [0.15, 0.2) is 41.1 Å². The van der Waals surface area contributed by atoms with Gasteiger partial charge < -0.3 is 4.74 Å². The Morgan fingerprint density at radius 2 is 2.05 bits per heavy atom. The molecule has 0 fully saturated rings. The Bertz CT molecular complexity index is 644. The van der Waals surface area contributed by atoms with Crippen molar-refractivity contribution in [3.8, 4) is 5.75 Å². The maximum absolute atomic E-state index is 12.5. The molecule has 2 rings (SSSR count). The van der Waals surface area contributed by atoms with Crippen molar-refractivity contribution < 1.29 is 9.53 Å². The Balaban J connectivity index is 2.35. The van der Waals surface area contributed by atoms with E-state index in [0.29, 0.717) is 16.9 Å². The standard InChI is InChI=1S/C15H13BrINO2/c1-9(2)20-12-5-10(7-18-8-12)15(19)13-6-11(16)3-4-14(13)17/h3-9H,1-2H3. The van der Waals surface area contributed by atoms with Gasteiger partial charge in [0.2, 0.25) is 0 Å². The van der Waals surface area contributed by atoms with Crippen LogP contribution in [0.25, 0.3) is 0 Å². The van der Waals surface area contributed by atoms with Crippen LogP contribution >= 0.6 is 38.5 Å². The van der Waals surface area contributed by atoms with E-state index in [1.54, 1.807) is 18.5 Å². The Morgan fingerprint density at radius 3 is 2.75 bits per heavy atom. The summed E-state index contributed by atoms with van der Waals surface area (Å²) in [5.74, 6) is 0.549. The maximum atomic E-state index is 12.5. The van der Waals surface area contributed by atoms with E-state index in [1.165, 1.54) is 0 Å². The quantitative estimate of drug-likeness (QED) is 0.515. The molecule has 1 aromatic carbocycles. The molecule has 0 aliphatic rings. The van der Waals surface area contributed by atoms with E-state index in [0.717, 1.165) is 8.04 Å². The van der Waals surface area contributed by atoms with Crippen molar-refractivity contribution in [2.45, 2.75) is 20.0 Å². The van der Waals surface area contributed by atoms with Crippen LogP contribution in [-0.4, -0.2) is 16.9 Å². The van der Waals surface area contributed by atoms with Gasteiger partial charge in [0.25, 0.3) is 0 Å². The molecular formula is C15H13BrINO2. The van der Waals surface area contributed by atoms with Gasteiger partial charge in [-0.3, -0.25) is 9.78 Å². The van der Waals surface area contributed by atoms with Gasteiger partial charge in [-0.15, -0.1) is 0 Å². The Kier molecular flexibility index (Phi) is 5.15. The zero-order valence-electron chi connectivity index (χ0n) is 11.1. The van der Waals surface area contributed by atoms with E-state index in [-0.39, 0.29) is 11.9 Å². The summed E-state index contributed by atoms with van der Waals surface area (Å²) in [6, 6.07) is 7.36. The first kappa shape index (κ1) is 15.4. The lowest BCUT2D eigenvalue weighted by molar-refractivity contribution is 0.103. The molecule has 1 aromatic heterocycles. The highest BCUT2D eigenvalue weighted by Crippen LogP contribution is 2.22. The Labute approximate surface area is 140 Å². The maximum Gasteiger partial charge on any atom is 0.195 e. The molecule has 5 heteroatoms. The number of carbonyl (C=O) groups excluding carboxylic acids is 1. The number of nitrogens with zero attached hydrogens (tertiary/aromatic N) is 1. The fourth-order valence-corrected chi connectivity index (χ4v) is 2.65. The van der Waals surface area contributed by atoms with Crippen LogP contribution in [0.5, 0.6) is 5.75 Å². The number of pyridine rings is 1. The molecule has 0 aliphatic carbocycles. The largest absolute Gasteiger partial charge is 0.489 e. The first-order chi connectivity index (χ1) is 9.47. The Morgan fingerprint density at radius 1 is 1.30 bits per heavy atom. The van der Waals surface area contributed by atoms with Gasteiger partial charge in [-0.2, -0.15) is 0 Å². The summed E-state index contributed by atoms with van der Waals surface area (Å²) < 4.78 is 7.36. The molecule has 0 atom stereocenters.